The van der Waals surface area contributed by atoms with Crippen molar-refractivity contribution in [2.75, 3.05) is 11.9 Å². The first-order valence-electron chi connectivity index (χ1n) is 8.94. The topological polar surface area (TPSA) is 62.1 Å². The number of carbonyl (C=O) groups is 1. The van der Waals surface area contributed by atoms with Crippen LogP contribution in [0.5, 0.6) is 5.75 Å². The fraction of sp³-hybridized carbons (Fsp3) is 0.429. The van der Waals surface area contributed by atoms with Gasteiger partial charge >= 0.3 is 0 Å². The van der Waals surface area contributed by atoms with Gasteiger partial charge in [-0.15, -0.1) is 11.3 Å². The number of amides is 1. The summed E-state index contributed by atoms with van der Waals surface area (Å²) < 4.78 is 5.78. The summed E-state index contributed by atoms with van der Waals surface area (Å²) >= 11 is 1.54. The first-order valence-corrected chi connectivity index (χ1v) is 9.76. The van der Waals surface area contributed by atoms with Crippen molar-refractivity contribution in [2.24, 2.45) is 5.92 Å². The van der Waals surface area contributed by atoms with E-state index in [1.807, 2.05) is 32.9 Å². The fourth-order valence-corrected chi connectivity index (χ4v) is 4.78. The van der Waals surface area contributed by atoms with E-state index in [9.17, 15) is 10.1 Å². The second-order valence-electron chi connectivity index (χ2n) is 7.16. The number of rotatable bonds is 4. The van der Waals surface area contributed by atoms with Crippen molar-refractivity contribution in [3.8, 4) is 11.8 Å². The Labute approximate surface area is 158 Å². The number of carbonyl (C=O) groups excluding carboxylic acids is 1. The van der Waals surface area contributed by atoms with Gasteiger partial charge in [0.25, 0.3) is 5.91 Å². The maximum atomic E-state index is 12.4. The van der Waals surface area contributed by atoms with E-state index in [1.54, 1.807) is 0 Å². The van der Waals surface area contributed by atoms with Crippen LogP contribution in [-0.4, -0.2) is 12.5 Å². The number of nitrogens with zero attached hydrogens (tertiary/aromatic N) is 1. The van der Waals surface area contributed by atoms with Crippen molar-refractivity contribution in [2.45, 2.75) is 47.0 Å². The molecule has 0 aliphatic heterocycles. The molecule has 0 spiro atoms. The molecule has 0 bridgehead atoms. The molecule has 1 amide bonds. The fourth-order valence-electron chi connectivity index (χ4n) is 3.41. The molecule has 26 heavy (non-hydrogen) atoms. The predicted molar refractivity (Wildman–Crippen MR) is 105 cm³/mol. The van der Waals surface area contributed by atoms with E-state index in [1.165, 1.54) is 16.2 Å². The number of fused-ring (bicyclic) bond motifs is 1. The van der Waals surface area contributed by atoms with Crippen LogP contribution in [0.25, 0.3) is 0 Å². The summed E-state index contributed by atoms with van der Waals surface area (Å²) in [6.45, 7) is 8.17. The summed E-state index contributed by atoms with van der Waals surface area (Å²) in [5, 5.41) is 13.1. The van der Waals surface area contributed by atoms with Gasteiger partial charge in [0, 0.05) is 4.88 Å². The lowest BCUT2D eigenvalue weighted by Crippen LogP contribution is -2.20. The number of ether oxygens (including phenoxy) is 1. The molecule has 0 saturated heterocycles. The molecule has 1 aliphatic rings. The molecule has 1 aliphatic carbocycles. The van der Waals surface area contributed by atoms with Crippen LogP contribution in [0.4, 0.5) is 5.00 Å². The SMILES string of the molecule is Cc1ccc(C)c(OCC(=O)Nc2sc3c(c2C#N)CC[C@@H](C)C3)c1C. The first kappa shape index (κ1) is 18.5. The Morgan fingerprint density at radius 2 is 2.08 bits per heavy atom. The van der Waals surface area contributed by atoms with E-state index in [0.717, 1.165) is 47.3 Å². The van der Waals surface area contributed by atoms with E-state index in [0.29, 0.717) is 16.5 Å². The molecule has 1 aromatic carbocycles. The van der Waals surface area contributed by atoms with Crippen molar-refractivity contribution in [3.63, 3.8) is 0 Å². The van der Waals surface area contributed by atoms with E-state index >= 15 is 0 Å². The Hall–Kier alpha value is -2.32. The summed E-state index contributed by atoms with van der Waals surface area (Å²) in [6, 6.07) is 6.33. The van der Waals surface area contributed by atoms with Crippen LogP contribution in [0.2, 0.25) is 0 Å². The third kappa shape index (κ3) is 3.61. The highest BCUT2D eigenvalue weighted by molar-refractivity contribution is 7.16. The monoisotopic (exact) mass is 368 g/mol. The van der Waals surface area contributed by atoms with Gasteiger partial charge in [0.15, 0.2) is 6.61 Å². The molecule has 136 valence electrons. The Morgan fingerprint density at radius 1 is 1.35 bits per heavy atom. The van der Waals surface area contributed by atoms with Crippen LogP contribution in [0.1, 0.15) is 46.0 Å². The maximum Gasteiger partial charge on any atom is 0.262 e. The first-order chi connectivity index (χ1) is 12.4. The van der Waals surface area contributed by atoms with Crippen molar-refractivity contribution in [3.05, 3.63) is 44.8 Å². The van der Waals surface area contributed by atoms with Gasteiger partial charge in [-0.2, -0.15) is 5.26 Å². The van der Waals surface area contributed by atoms with Crippen molar-refractivity contribution >= 4 is 22.2 Å². The number of thiophene rings is 1. The Morgan fingerprint density at radius 3 is 2.81 bits per heavy atom. The molecule has 4 nitrogen and oxygen atoms in total. The van der Waals surface area contributed by atoms with Crippen LogP contribution in [-0.2, 0) is 17.6 Å². The number of nitriles is 1. The highest BCUT2D eigenvalue weighted by Gasteiger charge is 2.24. The Balaban J connectivity index is 1.72. The van der Waals surface area contributed by atoms with E-state index in [2.05, 4.69) is 18.3 Å². The Kier molecular flexibility index (Phi) is 5.33. The molecule has 1 N–H and O–H groups in total. The second kappa shape index (κ2) is 7.51. The quantitative estimate of drug-likeness (QED) is 0.852. The van der Waals surface area contributed by atoms with Gasteiger partial charge < -0.3 is 10.1 Å². The molecule has 0 saturated carbocycles. The summed E-state index contributed by atoms with van der Waals surface area (Å²) in [7, 11) is 0. The van der Waals surface area contributed by atoms with Crippen molar-refractivity contribution in [1.82, 2.24) is 0 Å². The van der Waals surface area contributed by atoms with Gasteiger partial charge in [-0.05, 0) is 68.2 Å². The van der Waals surface area contributed by atoms with E-state index in [-0.39, 0.29) is 12.5 Å². The van der Waals surface area contributed by atoms with E-state index in [4.69, 9.17) is 4.74 Å². The normalized spacial score (nSPS) is 15.9. The van der Waals surface area contributed by atoms with Crippen LogP contribution >= 0.6 is 11.3 Å². The van der Waals surface area contributed by atoms with Crippen LogP contribution < -0.4 is 10.1 Å². The summed E-state index contributed by atoms with van der Waals surface area (Å²) in [5.41, 5.74) is 4.96. The number of hydrogen-bond acceptors (Lipinski definition) is 4. The lowest BCUT2D eigenvalue weighted by atomic mass is 9.89. The molecule has 2 aromatic rings. The lowest BCUT2D eigenvalue weighted by Gasteiger charge is -2.17. The standard InChI is InChI=1S/C21H24N2O2S/c1-12-5-8-16-17(10-22)21(26-18(16)9-12)23-19(24)11-25-20-14(3)7-6-13(2)15(20)4/h6-7,12H,5,8-9,11H2,1-4H3,(H,23,24)/t12-/m1/s1. The van der Waals surface area contributed by atoms with Gasteiger partial charge in [-0.25, -0.2) is 0 Å². The number of anilines is 1. The predicted octanol–water partition coefficient (Wildman–Crippen LogP) is 4.69. The maximum absolute atomic E-state index is 12.4. The summed E-state index contributed by atoms with van der Waals surface area (Å²) in [6.07, 6.45) is 3.01. The smallest absolute Gasteiger partial charge is 0.262 e. The average molecular weight is 369 g/mol. The molecule has 5 heteroatoms. The van der Waals surface area contributed by atoms with Gasteiger partial charge in [0.05, 0.1) is 5.56 Å². The second-order valence-corrected chi connectivity index (χ2v) is 8.26. The average Bonchev–Trinajstić information content (AvgIpc) is 2.94. The third-order valence-electron chi connectivity index (χ3n) is 5.10. The van der Waals surface area contributed by atoms with Gasteiger partial charge in [-0.3, -0.25) is 4.79 Å². The van der Waals surface area contributed by atoms with Crippen LogP contribution in [0, 0.1) is 38.0 Å². The minimum absolute atomic E-state index is 0.0605. The zero-order chi connectivity index (χ0) is 18.8. The Bertz CT molecular complexity index is 892. The summed E-state index contributed by atoms with van der Waals surface area (Å²) in [5.74, 6) is 1.17. The van der Waals surface area contributed by atoms with Crippen LogP contribution in [0.15, 0.2) is 12.1 Å². The highest BCUT2D eigenvalue weighted by atomic mass is 32.1. The highest BCUT2D eigenvalue weighted by Crippen LogP contribution is 2.39. The van der Waals surface area contributed by atoms with Crippen molar-refractivity contribution < 1.29 is 9.53 Å². The number of hydrogen-bond donors (Lipinski definition) is 1. The van der Waals surface area contributed by atoms with Crippen molar-refractivity contribution in [1.29, 1.82) is 5.26 Å². The van der Waals surface area contributed by atoms with Gasteiger partial charge in [0.1, 0.15) is 16.8 Å². The minimum atomic E-state index is -0.228. The lowest BCUT2D eigenvalue weighted by molar-refractivity contribution is -0.118. The number of nitrogens with one attached hydrogen (secondary N) is 1. The number of benzene rings is 1. The molecule has 0 fully saturated rings. The molecule has 0 unspecified atom stereocenters. The molecular weight excluding hydrogens is 344 g/mol. The molecule has 1 aromatic heterocycles. The van der Waals surface area contributed by atoms with Gasteiger partial charge in [0.2, 0.25) is 0 Å². The van der Waals surface area contributed by atoms with E-state index < -0.39 is 0 Å². The van der Waals surface area contributed by atoms with Gasteiger partial charge in [-0.1, -0.05) is 19.1 Å². The summed E-state index contributed by atoms with van der Waals surface area (Å²) in [4.78, 5) is 13.6. The zero-order valence-corrected chi connectivity index (χ0v) is 16.5. The molecule has 1 atom stereocenters. The zero-order valence-electron chi connectivity index (χ0n) is 15.7. The molecule has 0 radical (unpaired) electrons. The minimum Gasteiger partial charge on any atom is -0.483 e. The largest absolute Gasteiger partial charge is 0.483 e. The molecule has 3 rings (SSSR count). The third-order valence-corrected chi connectivity index (χ3v) is 6.27. The molecule has 1 heterocycles. The van der Waals surface area contributed by atoms with Crippen LogP contribution in [0.3, 0.4) is 0 Å². The number of aryl methyl sites for hydroxylation is 2. The molecular formula is C21H24N2O2S.